The Kier molecular flexibility index (Phi) is 3.45. The van der Waals surface area contributed by atoms with Gasteiger partial charge < -0.3 is 4.74 Å². The third-order valence-corrected chi connectivity index (χ3v) is 2.82. The van der Waals surface area contributed by atoms with Crippen molar-refractivity contribution < 1.29 is 4.74 Å². The summed E-state index contributed by atoms with van der Waals surface area (Å²) in [7, 11) is 1.61. The molecule has 0 fully saturated rings. The Morgan fingerprint density at radius 2 is 2.38 bits per heavy atom. The van der Waals surface area contributed by atoms with Crippen LogP contribution in [0, 0.1) is 0 Å². The van der Waals surface area contributed by atoms with Gasteiger partial charge in [0.15, 0.2) is 0 Å². The van der Waals surface area contributed by atoms with Crippen LogP contribution in [0.15, 0.2) is 29.4 Å². The standard InChI is InChI=1S/C10H12N4OS/c1-15-8-2-7(3-12-4-8)10(14-11)9-5-16-6-13-9/h2-6,10,14H,11H2,1H3. The summed E-state index contributed by atoms with van der Waals surface area (Å²) >= 11 is 1.53. The maximum Gasteiger partial charge on any atom is 0.137 e. The number of hydrogen-bond acceptors (Lipinski definition) is 6. The number of nitrogens with two attached hydrogens (primary N) is 1. The largest absolute Gasteiger partial charge is 0.495 e. The zero-order chi connectivity index (χ0) is 11.4. The van der Waals surface area contributed by atoms with Crippen LogP contribution in [0.5, 0.6) is 5.75 Å². The highest BCUT2D eigenvalue weighted by molar-refractivity contribution is 7.07. The second kappa shape index (κ2) is 5.02. The summed E-state index contributed by atoms with van der Waals surface area (Å²) in [5.41, 5.74) is 6.29. The Morgan fingerprint density at radius 3 is 3.00 bits per heavy atom. The van der Waals surface area contributed by atoms with E-state index in [1.54, 1.807) is 25.0 Å². The first-order valence-corrected chi connectivity index (χ1v) is 5.62. The van der Waals surface area contributed by atoms with Crippen LogP contribution in [-0.4, -0.2) is 17.1 Å². The Labute approximate surface area is 97.3 Å². The molecule has 0 spiro atoms. The summed E-state index contributed by atoms with van der Waals surface area (Å²) in [6.07, 6.45) is 3.39. The highest BCUT2D eigenvalue weighted by Gasteiger charge is 2.15. The van der Waals surface area contributed by atoms with E-state index in [0.717, 1.165) is 11.3 Å². The molecule has 0 aliphatic carbocycles. The maximum atomic E-state index is 5.53. The molecular formula is C10H12N4OS. The van der Waals surface area contributed by atoms with E-state index in [1.165, 1.54) is 11.3 Å². The molecule has 16 heavy (non-hydrogen) atoms. The van der Waals surface area contributed by atoms with E-state index in [0.29, 0.717) is 5.75 Å². The number of pyridine rings is 1. The predicted molar refractivity (Wildman–Crippen MR) is 62.1 cm³/mol. The predicted octanol–water partition coefficient (Wildman–Crippen LogP) is 1.10. The van der Waals surface area contributed by atoms with Gasteiger partial charge in [0.2, 0.25) is 0 Å². The molecule has 0 amide bonds. The van der Waals surface area contributed by atoms with Crippen molar-refractivity contribution in [1.82, 2.24) is 15.4 Å². The number of hydrogen-bond donors (Lipinski definition) is 2. The monoisotopic (exact) mass is 236 g/mol. The number of aromatic nitrogens is 2. The molecule has 3 N–H and O–H groups in total. The average Bonchev–Trinajstić information content (AvgIpc) is 2.84. The molecule has 2 rings (SSSR count). The smallest absolute Gasteiger partial charge is 0.137 e. The molecule has 1 atom stereocenters. The number of methoxy groups -OCH3 is 1. The normalized spacial score (nSPS) is 12.4. The minimum absolute atomic E-state index is 0.158. The van der Waals surface area contributed by atoms with Crippen molar-refractivity contribution in [2.45, 2.75) is 6.04 Å². The van der Waals surface area contributed by atoms with E-state index in [9.17, 15) is 0 Å². The van der Waals surface area contributed by atoms with Gasteiger partial charge in [-0.25, -0.2) is 10.4 Å². The van der Waals surface area contributed by atoms with Gasteiger partial charge in [0.05, 0.1) is 30.6 Å². The lowest BCUT2D eigenvalue weighted by Gasteiger charge is -2.14. The van der Waals surface area contributed by atoms with Crippen molar-refractivity contribution in [3.8, 4) is 5.75 Å². The van der Waals surface area contributed by atoms with Gasteiger partial charge >= 0.3 is 0 Å². The van der Waals surface area contributed by atoms with Crippen molar-refractivity contribution in [2.75, 3.05) is 7.11 Å². The molecule has 5 nitrogen and oxygen atoms in total. The summed E-state index contributed by atoms with van der Waals surface area (Å²) < 4.78 is 5.12. The zero-order valence-corrected chi connectivity index (χ0v) is 9.57. The van der Waals surface area contributed by atoms with Crippen molar-refractivity contribution in [3.63, 3.8) is 0 Å². The number of thiazole rings is 1. The number of hydrazine groups is 1. The van der Waals surface area contributed by atoms with Crippen LogP contribution in [-0.2, 0) is 0 Å². The summed E-state index contributed by atoms with van der Waals surface area (Å²) in [4.78, 5) is 8.32. The first-order chi connectivity index (χ1) is 7.85. The second-order valence-electron chi connectivity index (χ2n) is 3.17. The van der Waals surface area contributed by atoms with E-state index in [4.69, 9.17) is 10.6 Å². The van der Waals surface area contributed by atoms with Gasteiger partial charge in [-0.3, -0.25) is 10.8 Å². The third kappa shape index (κ3) is 2.19. The van der Waals surface area contributed by atoms with E-state index < -0.39 is 0 Å². The maximum absolute atomic E-state index is 5.53. The highest BCUT2D eigenvalue weighted by Crippen LogP contribution is 2.23. The van der Waals surface area contributed by atoms with E-state index in [1.807, 2.05) is 11.4 Å². The number of nitrogens with one attached hydrogen (secondary N) is 1. The summed E-state index contributed by atoms with van der Waals surface area (Å²) in [6.45, 7) is 0. The molecule has 0 radical (unpaired) electrons. The van der Waals surface area contributed by atoms with Crippen molar-refractivity contribution in [3.05, 3.63) is 40.6 Å². The number of rotatable bonds is 4. The van der Waals surface area contributed by atoms with Crippen LogP contribution in [0.25, 0.3) is 0 Å². The van der Waals surface area contributed by atoms with Gasteiger partial charge in [-0.05, 0) is 11.6 Å². The highest BCUT2D eigenvalue weighted by atomic mass is 32.1. The molecule has 0 aliphatic rings. The van der Waals surface area contributed by atoms with Crippen molar-refractivity contribution in [2.24, 2.45) is 5.84 Å². The molecule has 2 aromatic heterocycles. The molecule has 0 aromatic carbocycles. The SMILES string of the molecule is COc1cncc(C(NN)c2cscn2)c1. The fourth-order valence-electron chi connectivity index (χ4n) is 1.42. The molecule has 1 unspecified atom stereocenters. The molecule has 84 valence electrons. The fourth-order valence-corrected chi connectivity index (χ4v) is 2.00. The number of ether oxygens (including phenoxy) is 1. The van der Waals surface area contributed by atoms with Crippen LogP contribution in [0.1, 0.15) is 17.3 Å². The third-order valence-electron chi connectivity index (χ3n) is 2.22. The summed E-state index contributed by atoms with van der Waals surface area (Å²) in [5.74, 6) is 6.24. The topological polar surface area (TPSA) is 73.1 Å². The minimum atomic E-state index is -0.158. The molecular weight excluding hydrogens is 224 g/mol. The van der Waals surface area contributed by atoms with Crippen LogP contribution in [0.3, 0.4) is 0 Å². The lowest BCUT2D eigenvalue weighted by atomic mass is 10.1. The average molecular weight is 236 g/mol. The number of nitrogens with zero attached hydrogens (tertiary/aromatic N) is 2. The lowest BCUT2D eigenvalue weighted by molar-refractivity contribution is 0.411. The summed E-state index contributed by atoms with van der Waals surface area (Å²) in [6, 6.07) is 1.73. The molecule has 0 bridgehead atoms. The van der Waals surface area contributed by atoms with Gasteiger partial charge in [0.1, 0.15) is 5.75 Å². The molecule has 0 saturated carbocycles. The van der Waals surface area contributed by atoms with Gasteiger partial charge in [0, 0.05) is 11.6 Å². The molecule has 6 heteroatoms. The fraction of sp³-hybridized carbons (Fsp3) is 0.200. The Balaban J connectivity index is 2.33. The van der Waals surface area contributed by atoms with Crippen LogP contribution in [0.4, 0.5) is 0 Å². The zero-order valence-electron chi connectivity index (χ0n) is 8.75. The first-order valence-electron chi connectivity index (χ1n) is 4.68. The second-order valence-corrected chi connectivity index (χ2v) is 3.89. The quantitative estimate of drug-likeness (QED) is 0.614. The molecule has 2 aromatic rings. The van der Waals surface area contributed by atoms with E-state index in [-0.39, 0.29) is 6.04 Å². The summed E-state index contributed by atoms with van der Waals surface area (Å²) in [5, 5.41) is 1.95. The molecule has 0 aliphatic heterocycles. The Bertz CT molecular complexity index is 446. The van der Waals surface area contributed by atoms with E-state index in [2.05, 4.69) is 15.4 Å². The van der Waals surface area contributed by atoms with E-state index >= 15 is 0 Å². The van der Waals surface area contributed by atoms with Gasteiger partial charge in [-0.15, -0.1) is 11.3 Å². The van der Waals surface area contributed by atoms with Crippen LogP contribution in [0.2, 0.25) is 0 Å². The van der Waals surface area contributed by atoms with Crippen LogP contribution >= 0.6 is 11.3 Å². The van der Waals surface area contributed by atoms with Gasteiger partial charge in [0.25, 0.3) is 0 Å². The minimum Gasteiger partial charge on any atom is -0.495 e. The van der Waals surface area contributed by atoms with Crippen LogP contribution < -0.4 is 16.0 Å². The van der Waals surface area contributed by atoms with Gasteiger partial charge in [-0.1, -0.05) is 0 Å². The molecule has 0 saturated heterocycles. The van der Waals surface area contributed by atoms with Gasteiger partial charge in [-0.2, -0.15) is 0 Å². The Hall–Kier alpha value is -1.50. The van der Waals surface area contributed by atoms with Crippen molar-refractivity contribution >= 4 is 11.3 Å². The lowest BCUT2D eigenvalue weighted by Crippen LogP contribution is -2.29. The Morgan fingerprint density at radius 1 is 1.50 bits per heavy atom. The van der Waals surface area contributed by atoms with Crippen molar-refractivity contribution in [1.29, 1.82) is 0 Å². The molecule has 2 heterocycles. The first kappa shape index (κ1) is 11.0.